The smallest absolute Gasteiger partial charge is 0.338 e. The van der Waals surface area contributed by atoms with E-state index in [1.165, 1.54) is 20.8 Å². The molecule has 2 aliphatic carbocycles. The van der Waals surface area contributed by atoms with Gasteiger partial charge < -0.3 is 28.8 Å². The highest BCUT2D eigenvalue weighted by Crippen LogP contribution is 2.68. The zero-order valence-corrected chi connectivity index (χ0v) is 25.2. The number of fused-ring (bicyclic) bond motifs is 1. The molecule has 1 heterocycles. The summed E-state index contributed by atoms with van der Waals surface area (Å²) in [6, 6.07) is 16.7. The molecule has 2 aromatic carbocycles. The molecule has 3 fully saturated rings. The number of hydrogen-bond donors (Lipinski definition) is 1. The summed E-state index contributed by atoms with van der Waals surface area (Å²) in [6.07, 6.45) is -4.73. The fourth-order valence-electron chi connectivity index (χ4n) is 7.51. The van der Waals surface area contributed by atoms with Crippen LogP contribution in [0.3, 0.4) is 0 Å². The van der Waals surface area contributed by atoms with Crippen LogP contribution in [0.15, 0.2) is 60.7 Å². The van der Waals surface area contributed by atoms with E-state index in [4.69, 9.17) is 23.7 Å². The van der Waals surface area contributed by atoms with Gasteiger partial charge in [-0.15, -0.1) is 0 Å². The van der Waals surface area contributed by atoms with E-state index >= 15 is 0 Å². The molecule has 1 N–H and O–H groups in total. The van der Waals surface area contributed by atoms with Crippen LogP contribution in [0.2, 0.25) is 0 Å². The monoisotopic (exact) mass is 594 g/mol. The van der Waals surface area contributed by atoms with Crippen LogP contribution >= 0.6 is 0 Å². The fraction of sp³-hybridized carbons (Fsp3) is 0.515. The Balaban J connectivity index is 1.72. The molecule has 230 valence electrons. The van der Waals surface area contributed by atoms with Gasteiger partial charge in [0, 0.05) is 13.8 Å². The number of rotatable bonds is 6. The molecule has 1 saturated heterocycles. The number of benzene rings is 2. The molecule has 0 radical (unpaired) electrons. The first-order valence-electron chi connectivity index (χ1n) is 14.4. The van der Waals surface area contributed by atoms with Crippen LogP contribution in [0.4, 0.5) is 0 Å². The first-order valence-corrected chi connectivity index (χ1v) is 14.4. The maximum absolute atomic E-state index is 13.7. The SMILES string of the molecule is CC(=O)O[C@@H]1[C@H](OC(=O)c2ccccc2)[C@@]2(C)[C@@H](OC(=O)c3ccccc3)C[C@H]3C[C@]2(OC3(C)C)[C@@](C)(O)[C@H]1OC(C)=O. The molecule has 5 rings (SSSR count). The van der Waals surface area contributed by atoms with Crippen molar-refractivity contribution in [3.05, 3.63) is 71.8 Å². The van der Waals surface area contributed by atoms with Crippen LogP contribution in [0.25, 0.3) is 0 Å². The Hall–Kier alpha value is -3.76. The summed E-state index contributed by atoms with van der Waals surface area (Å²) < 4.78 is 30.7. The largest absolute Gasteiger partial charge is 0.458 e. The molecule has 2 saturated carbocycles. The van der Waals surface area contributed by atoms with Gasteiger partial charge in [-0.3, -0.25) is 9.59 Å². The number of ether oxygens (including phenoxy) is 5. The molecular formula is C33H38O10. The van der Waals surface area contributed by atoms with Crippen molar-refractivity contribution in [2.45, 2.75) is 95.6 Å². The van der Waals surface area contributed by atoms with Gasteiger partial charge in [0.15, 0.2) is 18.3 Å². The van der Waals surface area contributed by atoms with E-state index in [2.05, 4.69) is 0 Å². The number of esters is 4. The van der Waals surface area contributed by atoms with Crippen molar-refractivity contribution < 1.29 is 48.0 Å². The lowest BCUT2D eigenvalue weighted by Gasteiger charge is -2.65. The third-order valence-corrected chi connectivity index (χ3v) is 9.65. The van der Waals surface area contributed by atoms with Crippen molar-refractivity contribution in [2.24, 2.45) is 11.3 Å². The summed E-state index contributed by atoms with van der Waals surface area (Å²) in [5.74, 6) is -3.05. The molecule has 3 aliphatic rings. The third kappa shape index (κ3) is 4.90. The summed E-state index contributed by atoms with van der Waals surface area (Å²) in [7, 11) is 0. The predicted molar refractivity (Wildman–Crippen MR) is 152 cm³/mol. The molecule has 2 aromatic rings. The molecular weight excluding hydrogens is 556 g/mol. The predicted octanol–water partition coefficient (Wildman–Crippen LogP) is 4.03. The number of carbonyl (C=O) groups is 4. The molecule has 0 unspecified atom stereocenters. The van der Waals surface area contributed by atoms with E-state index in [0.717, 1.165) is 0 Å². The molecule has 1 spiro atoms. The lowest BCUT2D eigenvalue weighted by Crippen LogP contribution is -2.82. The Morgan fingerprint density at radius 2 is 1.26 bits per heavy atom. The van der Waals surface area contributed by atoms with Crippen molar-refractivity contribution >= 4 is 23.9 Å². The van der Waals surface area contributed by atoms with E-state index in [1.54, 1.807) is 67.6 Å². The second-order valence-corrected chi connectivity index (χ2v) is 12.7. The molecule has 2 bridgehead atoms. The first kappa shape index (κ1) is 30.7. The van der Waals surface area contributed by atoms with Crippen LogP contribution in [0.1, 0.15) is 75.1 Å². The minimum Gasteiger partial charge on any atom is -0.458 e. The average Bonchev–Trinajstić information content (AvgIpc) is 3.20. The van der Waals surface area contributed by atoms with Gasteiger partial charge in [0.25, 0.3) is 0 Å². The minimum absolute atomic E-state index is 0.200. The van der Waals surface area contributed by atoms with Crippen molar-refractivity contribution in [2.75, 3.05) is 0 Å². The van der Waals surface area contributed by atoms with Gasteiger partial charge >= 0.3 is 23.9 Å². The van der Waals surface area contributed by atoms with Crippen LogP contribution in [0.5, 0.6) is 0 Å². The summed E-state index contributed by atoms with van der Waals surface area (Å²) in [6.45, 7) is 9.28. The van der Waals surface area contributed by atoms with Gasteiger partial charge in [0.1, 0.15) is 17.3 Å². The van der Waals surface area contributed by atoms with Crippen molar-refractivity contribution in [3.63, 3.8) is 0 Å². The fourth-order valence-corrected chi connectivity index (χ4v) is 7.51. The van der Waals surface area contributed by atoms with Crippen LogP contribution in [-0.4, -0.2) is 70.2 Å². The number of aliphatic hydroxyl groups is 1. The van der Waals surface area contributed by atoms with Gasteiger partial charge in [-0.2, -0.15) is 0 Å². The Morgan fingerprint density at radius 1 is 0.744 bits per heavy atom. The van der Waals surface area contributed by atoms with Crippen molar-refractivity contribution in [1.29, 1.82) is 0 Å². The number of hydrogen-bond acceptors (Lipinski definition) is 10. The summed E-state index contributed by atoms with van der Waals surface area (Å²) in [4.78, 5) is 52.1. The Bertz CT molecular complexity index is 1400. The molecule has 0 amide bonds. The maximum Gasteiger partial charge on any atom is 0.338 e. The van der Waals surface area contributed by atoms with Crippen LogP contribution in [0, 0.1) is 11.3 Å². The average molecular weight is 595 g/mol. The lowest BCUT2D eigenvalue weighted by molar-refractivity contribution is -0.351. The highest BCUT2D eigenvalue weighted by Gasteiger charge is 2.82. The van der Waals surface area contributed by atoms with Gasteiger partial charge in [0.2, 0.25) is 0 Å². The van der Waals surface area contributed by atoms with E-state index in [0.29, 0.717) is 12.0 Å². The highest BCUT2D eigenvalue weighted by atomic mass is 16.6. The van der Waals surface area contributed by atoms with Crippen LogP contribution in [-0.2, 0) is 33.3 Å². The van der Waals surface area contributed by atoms with Gasteiger partial charge in [-0.25, -0.2) is 9.59 Å². The quantitative estimate of drug-likeness (QED) is 0.386. The zero-order chi connectivity index (χ0) is 31.4. The van der Waals surface area contributed by atoms with Gasteiger partial charge in [-0.1, -0.05) is 36.4 Å². The van der Waals surface area contributed by atoms with E-state index in [9.17, 15) is 24.3 Å². The zero-order valence-electron chi connectivity index (χ0n) is 25.2. The van der Waals surface area contributed by atoms with E-state index in [-0.39, 0.29) is 17.9 Å². The number of carbonyl (C=O) groups excluding carboxylic acids is 4. The van der Waals surface area contributed by atoms with Crippen LogP contribution < -0.4 is 0 Å². The topological polar surface area (TPSA) is 135 Å². The van der Waals surface area contributed by atoms with Gasteiger partial charge in [0.05, 0.1) is 22.1 Å². The van der Waals surface area contributed by atoms with Crippen molar-refractivity contribution in [1.82, 2.24) is 0 Å². The minimum atomic E-state index is -1.99. The lowest BCUT2D eigenvalue weighted by atomic mass is 9.47. The second kappa shape index (κ2) is 10.7. The highest BCUT2D eigenvalue weighted by molar-refractivity contribution is 5.90. The third-order valence-electron chi connectivity index (χ3n) is 9.65. The summed E-state index contributed by atoms with van der Waals surface area (Å²) in [5.41, 5.74) is -5.34. The Morgan fingerprint density at radius 3 is 1.77 bits per heavy atom. The Kier molecular flexibility index (Phi) is 7.67. The Labute approximate surface area is 250 Å². The van der Waals surface area contributed by atoms with Gasteiger partial charge in [-0.05, 0) is 70.7 Å². The first-order chi connectivity index (χ1) is 20.1. The molecule has 1 aliphatic heterocycles. The van der Waals surface area contributed by atoms with E-state index in [1.807, 2.05) is 13.8 Å². The second-order valence-electron chi connectivity index (χ2n) is 12.7. The van der Waals surface area contributed by atoms with E-state index < -0.39 is 70.5 Å². The van der Waals surface area contributed by atoms with Crippen molar-refractivity contribution in [3.8, 4) is 0 Å². The molecule has 10 heteroatoms. The molecule has 43 heavy (non-hydrogen) atoms. The molecule has 0 aromatic heterocycles. The molecule has 10 nitrogen and oxygen atoms in total. The summed E-state index contributed by atoms with van der Waals surface area (Å²) >= 11 is 0. The standard InChI is InChI=1S/C33H38O10/c1-19(34)39-25-26(42-29(37)22-15-11-8-12-16-22)31(5)24(41-28(36)21-13-9-7-10-14-21)17-23-18-33(31,43-30(23,3)4)32(6,38)27(25)40-20(2)35/h7-16,23-27,38H,17-18H2,1-6H3/t23-,24-,25+,26-,27-,31+,32-,33+/m0/s1. The maximum atomic E-state index is 13.7. The molecule has 8 atom stereocenters. The normalized spacial score (nSPS) is 35.7. The summed E-state index contributed by atoms with van der Waals surface area (Å²) in [5, 5.41) is 12.5.